The summed E-state index contributed by atoms with van der Waals surface area (Å²) in [6, 6.07) is 11.7. The van der Waals surface area contributed by atoms with Crippen molar-refractivity contribution in [1.29, 1.82) is 0 Å². The molecule has 0 saturated heterocycles. The molecule has 1 N–H and O–H groups in total. The third-order valence-corrected chi connectivity index (χ3v) is 4.24. The summed E-state index contributed by atoms with van der Waals surface area (Å²) in [7, 11) is 1.89. The third-order valence-electron chi connectivity index (χ3n) is 4.24. The maximum Gasteiger partial charge on any atom is 0.257 e. The lowest BCUT2D eigenvalue weighted by atomic mass is 10.1. The van der Waals surface area contributed by atoms with Crippen LogP contribution in [0.4, 0.5) is 0 Å². The first-order valence-corrected chi connectivity index (χ1v) is 7.74. The van der Waals surface area contributed by atoms with E-state index in [1.807, 2.05) is 54.9 Å². The van der Waals surface area contributed by atoms with Crippen molar-refractivity contribution in [3.8, 4) is 11.3 Å². The second-order valence-corrected chi connectivity index (χ2v) is 5.88. The molecule has 4 aromatic rings. The Labute approximate surface area is 138 Å². The minimum atomic E-state index is -0.130. The highest BCUT2D eigenvalue weighted by Gasteiger charge is 2.13. The number of aromatic amines is 1. The van der Waals surface area contributed by atoms with E-state index in [9.17, 15) is 4.79 Å². The first-order valence-electron chi connectivity index (χ1n) is 7.74. The van der Waals surface area contributed by atoms with Crippen LogP contribution >= 0.6 is 0 Å². The smallest absolute Gasteiger partial charge is 0.257 e. The van der Waals surface area contributed by atoms with Crippen LogP contribution in [-0.4, -0.2) is 24.3 Å². The van der Waals surface area contributed by atoms with Gasteiger partial charge < -0.3 is 9.55 Å². The van der Waals surface area contributed by atoms with Crippen LogP contribution in [0.3, 0.4) is 0 Å². The van der Waals surface area contributed by atoms with Crippen LogP contribution in [-0.2, 0) is 13.6 Å². The fraction of sp³-hybridized carbons (Fsp3) is 0.167. The Hall–Kier alpha value is -3.15. The van der Waals surface area contributed by atoms with Gasteiger partial charge in [-0.15, -0.1) is 0 Å². The molecule has 0 atom stereocenters. The maximum absolute atomic E-state index is 12.6. The molecule has 24 heavy (non-hydrogen) atoms. The minimum Gasteiger partial charge on any atom is -0.329 e. The summed E-state index contributed by atoms with van der Waals surface area (Å²) in [5.41, 5.74) is 4.05. The second-order valence-electron chi connectivity index (χ2n) is 5.88. The van der Waals surface area contributed by atoms with Gasteiger partial charge in [-0.3, -0.25) is 9.48 Å². The van der Waals surface area contributed by atoms with Gasteiger partial charge in [0.15, 0.2) is 0 Å². The van der Waals surface area contributed by atoms with Crippen molar-refractivity contribution in [3.05, 3.63) is 70.7 Å². The van der Waals surface area contributed by atoms with Crippen LogP contribution in [0.5, 0.6) is 0 Å². The molecule has 0 spiro atoms. The van der Waals surface area contributed by atoms with E-state index in [0.29, 0.717) is 17.8 Å². The number of fused-ring (bicyclic) bond motifs is 1. The first-order chi connectivity index (χ1) is 11.6. The van der Waals surface area contributed by atoms with Crippen molar-refractivity contribution in [1.82, 2.24) is 24.3 Å². The third kappa shape index (κ3) is 2.32. The zero-order chi connectivity index (χ0) is 16.7. The molecule has 0 fully saturated rings. The molecule has 0 aliphatic heterocycles. The number of nitrogens with one attached hydrogen (secondary N) is 1. The molecule has 4 rings (SSSR count). The average Bonchev–Trinajstić information content (AvgIpc) is 3.12. The van der Waals surface area contributed by atoms with Crippen LogP contribution in [0.1, 0.15) is 11.4 Å². The largest absolute Gasteiger partial charge is 0.329 e. The summed E-state index contributed by atoms with van der Waals surface area (Å²) < 4.78 is 3.79. The van der Waals surface area contributed by atoms with Crippen LogP contribution in [0, 0.1) is 6.92 Å². The first kappa shape index (κ1) is 14.4. The molecule has 0 unspecified atom stereocenters. The summed E-state index contributed by atoms with van der Waals surface area (Å²) in [5, 5.41) is 5.50. The number of rotatable bonds is 3. The molecule has 6 heteroatoms. The Kier molecular flexibility index (Phi) is 3.30. The van der Waals surface area contributed by atoms with Gasteiger partial charge >= 0.3 is 0 Å². The number of para-hydroxylation sites is 1. The van der Waals surface area contributed by atoms with E-state index in [1.54, 1.807) is 17.2 Å². The number of aromatic nitrogens is 5. The Bertz CT molecular complexity index is 1090. The van der Waals surface area contributed by atoms with Crippen LogP contribution < -0.4 is 5.56 Å². The number of hydrogen-bond donors (Lipinski definition) is 1. The number of H-pyrrole nitrogens is 1. The van der Waals surface area contributed by atoms with Crippen LogP contribution in [0.25, 0.3) is 22.2 Å². The van der Waals surface area contributed by atoms with Crippen LogP contribution in [0.15, 0.2) is 53.7 Å². The van der Waals surface area contributed by atoms with Gasteiger partial charge in [0.2, 0.25) is 0 Å². The van der Waals surface area contributed by atoms with E-state index in [0.717, 1.165) is 22.3 Å². The molecular formula is C18H17N5O. The predicted molar refractivity (Wildman–Crippen MR) is 92.8 cm³/mol. The number of benzene rings is 1. The number of imidazole rings is 1. The zero-order valence-electron chi connectivity index (χ0n) is 13.5. The molecule has 0 bridgehead atoms. The van der Waals surface area contributed by atoms with Crippen molar-refractivity contribution in [3.63, 3.8) is 0 Å². The van der Waals surface area contributed by atoms with Gasteiger partial charge in [0, 0.05) is 30.0 Å². The van der Waals surface area contributed by atoms with E-state index in [2.05, 4.69) is 15.1 Å². The highest BCUT2D eigenvalue weighted by Crippen LogP contribution is 2.25. The summed E-state index contributed by atoms with van der Waals surface area (Å²) in [4.78, 5) is 19.6. The molecule has 0 aliphatic carbocycles. The van der Waals surface area contributed by atoms with Crippen molar-refractivity contribution >= 4 is 10.9 Å². The van der Waals surface area contributed by atoms with E-state index >= 15 is 0 Å². The van der Waals surface area contributed by atoms with E-state index in [1.165, 1.54) is 0 Å². The monoisotopic (exact) mass is 319 g/mol. The van der Waals surface area contributed by atoms with E-state index in [-0.39, 0.29) is 5.56 Å². The highest BCUT2D eigenvalue weighted by atomic mass is 16.1. The maximum atomic E-state index is 12.6. The summed E-state index contributed by atoms with van der Waals surface area (Å²) in [6.45, 7) is 2.57. The number of pyridine rings is 1. The number of hydrogen-bond acceptors (Lipinski definition) is 3. The van der Waals surface area contributed by atoms with Gasteiger partial charge in [-0.2, -0.15) is 5.10 Å². The topological polar surface area (TPSA) is 68.5 Å². The van der Waals surface area contributed by atoms with Crippen molar-refractivity contribution in [2.24, 2.45) is 7.05 Å². The summed E-state index contributed by atoms with van der Waals surface area (Å²) >= 11 is 0. The van der Waals surface area contributed by atoms with Crippen molar-refractivity contribution in [2.75, 3.05) is 0 Å². The van der Waals surface area contributed by atoms with E-state index in [4.69, 9.17) is 0 Å². The Balaban J connectivity index is 1.77. The lowest BCUT2D eigenvalue weighted by Crippen LogP contribution is -2.14. The van der Waals surface area contributed by atoms with Gasteiger partial charge in [0.25, 0.3) is 5.56 Å². The highest BCUT2D eigenvalue weighted by molar-refractivity contribution is 5.93. The molecule has 120 valence electrons. The Morgan fingerprint density at radius 3 is 2.75 bits per heavy atom. The van der Waals surface area contributed by atoms with E-state index < -0.39 is 0 Å². The SMILES string of the molecule is Cc1cncn1Cc1ccc(-c2nn(C)c3ccccc23)c(=O)[nH]1. The molecule has 6 nitrogen and oxygen atoms in total. The molecule has 1 aromatic carbocycles. The zero-order valence-corrected chi connectivity index (χ0v) is 13.5. The predicted octanol–water partition coefficient (Wildman–Crippen LogP) is 2.48. The van der Waals surface area contributed by atoms with Gasteiger partial charge in [0.05, 0.1) is 24.0 Å². The van der Waals surface area contributed by atoms with Crippen molar-refractivity contribution in [2.45, 2.75) is 13.5 Å². The lowest BCUT2D eigenvalue weighted by molar-refractivity contribution is 0.746. The summed E-state index contributed by atoms with van der Waals surface area (Å²) in [5.74, 6) is 0. The van der Waals surface area contributed by atoms with Gasteiger partial charge in [-0.25, -0.2) is 4.98 Å². The minimum absolute atomic E-state index is 0.130. The van der Waals surface area contributed by atoms with Crippen molar-refractivity contribution < 1.29 is 0 Å². The second kappa shape index (κ2) is 5.49. The molecule has 3 aromatic heterocycles. The number of nitrogens with zero attached hydrogens (tertiary/aromatic N) is 4. The van der Waals surface area contributed by atoms with Gasteiger partial charge in [-0.1, -0.05) is 18.2 Å². The molecule has 0 aliphatic rings. The van der Waals surface area contributed by atoms with Crippen LogP contribution in [0.2, 0.25) is 0 Å². The fourth-order valence-electron chi connectivity index (χ4n) is 2.94. The fourth-order valence-corrected chi connectivity index (χ4v) is 2.94. The Morgan fingerprint density at radius 2 is 2.00 bits per heavy atom. The molecule has 3 heterocycles. The summed E-state index contributed by atoms with van der Waals surface area (Å²) in [6.07, 6.45) is 3.56. The quantitative estimate of drug-likeness (QED) is 0.631. The molecule has 0 saturated carbocycles. The molecular weight excluding hydrogens is 302 g/mol. The number of aryl methyl sites for hydroxylation is 2. The van der Waals surface area contributed by atoms with Gasteiger partial charge in [0.1, 0.15) is 5.69 Å². The average molecular weight is 319 g/mol. The normalized spacial score (nSPS) is 11.2. The lowest BCUT2D eigenvalue weighted by Gasteiger charge is -2.06. The standard InChI is InChI=1S/C18H17N5O/c1-12-9-19-11-23(12)10-13-7-8-15(18(24)20-13)17-14-5-3-4-6-16(14)22(2)21-17/h3-9,11H,10H2,1-2H3,(H,20,24). The molecule has 0 amide bonds. The Morgan fingerprint density at radius 1 is 1.17 bits per heavy atom. The molecule has 0 radical (unpaired) electrons. The van der Waals surface area contributed by atoms with Gasteiger partial charge in [-0.05, 0) is 25.1 Å².